The van der Waals surface area contributed by atoms with Crippen molar-refractivity contribution in [3.63, 3.8) is 0 Å². The highest BCUT2D eigenvalue weighted by Gasteiger charge is 2.41. The molecule has 1 aromatic carbocycles. The van der Waals surface area contributed by atoms with Gasteiger partial charge in [0, 0.05) is 0 Å². The van der Waals surface area contributed by atoms with Crippen LogP contribution in [0.2, 0.25) is 0 Å². The Balaban J connectivity index is 2.05. The van der Waals surface area contributed by atoms with Gasteiger partial charge in [0.2, 0.25) is 0 Å². The van der Waals surface area contributed by atoms with E-state index in [0.717, 1.165) is 12.2 Å². The van der Waals surface area contributed by atoms with Gasteiger partial charge >= 0.3 is 0 Å². The van der Waals surface area contributed by atoms with E-state index in [-0.39, 0.29) is 6.10 Å². The normalized spacial score (nSPS) is 27.1. The molecule has 0 spiro atoms. The molecule has 1 aliphatic carbocycles. The van der Waals surface area contributed by atoms with E-state index in [9.17, 15) is 5.11 Å². The van der Waals surface area contributed by atoms with E-state index in [1.807, 2.05) is 19.1 Å². The van der Waals surface area contributed by atoms with E-state index in [1.165, 1.54) is 5.56 Å². The fourth-order valence-electron chi connectivity index (χ4n) is 1.98. The van der Waals surface area contributed by atoms with Gasteiger partial charge in [-0.05, 0) is 42.9 Å². The third kappa shape index (κ3) is 1.75. The van der Waals surface area contributed by atoms with E-state index in [4.69, 9.17) is 4.74 Å². The molecule has 0 saturated heterocycles. The lowest BCUT2D eigenvalue weighted by Crippen LogP contribution is -2.03. The summed E-state index contributed by atoms with van der Waals surface area (Å²) in [6.07, 6.45) is 0.936. The van der Waals surface area contributed by atoms with Gasteiger partial charge in [-0.2, -0.15) is 0 Å². The quantitative estimate of drug-likeness (QED) is 0.795. The van der Waals surface area contributed by atoms with E-state index in [0.29, 0.717) is 11.8 Å². The van der Waals surface area contributed by atoms with Gasteiger partial charge in [0.15, 0.2) is 0 Å². The molecule has 1 fully saturated rings. The average Bonchev–Trinajstić information content (AvgIpc) is 2.97. The van der Waals surface area contributed by atoms with E-state index in [1.54, 1.807) is 7.11 Å². The minimum atomic E-state index is -0.179. The standard InChI is InChI=1S/C12H16O2/c1-8(13)11-7-12(11)9-3-5-10(14-2)6-4-9/h3-6,8,11-13H,7H2,1-2H3/t8-,11-,12+/m0/s1. The number of hydrogen-bond acceptors (Lipinski definition) is 2. The Kier molecular flexibility index (Phi) is 2.46. The maximum Gasteiger partial charge on any atom is 0.118 e. The smallest absolute Gasteiger partial charge is 0.118 e. The Bertz CT molecular complexity index is 303. The number of benzene rings is 1. The van der Waals surface area contributed by atoms with Gasteiger partial charge in [0.05, 0.1) is 13.2 Å². The average molecular weight is 192 g/mol. The summed E-state index contributed by atoms with van der Waals surface area (Å²) in [5.41, 5.74) is 1.32. The number of ether oxygens (including phenoxy) is 1. The Morgan fingerprint density at radius 1 is 1.36 bits per heavy atom. The summed E-state index contributed by atoms with van der Waals surface area (Å²) in [7, 11) is 1.67. The molecular weight excluding hydrogens is 176 g/mol. The van der Waals surface area contributed by atoms with Crippen molar-refractivity contribution in [3.8, 4) is 5.75 Å². The van der Waals surface area contributed by atoms with Crippen LogP contribution >= 0.6 is 0 Å². The van der Waals surface area contributed by atoms with E-state index < -0.39 is 0 Å². The first-order valence-electron chi connectivity index (χ1n) is 5.04. The SMILES string of the molecule is COc1ccc([C@H]2C[C@H]2[C@H](C)O)cc1. The van der Waals surface area contributed by atoms with Crippen LogP contribution in [-0.2, 0) is 0 Å². The number of rotatable bonds is 3. The Morgan fingerprint density at radius 2 is 2.00 bits per heavy atom. The third-order valence-electron chi connectivity index (χ3n) is 3.00. The summed E-state index contributed by atoms with van der Waals surface area (Å²) in [5.74, 6) is 1.91. The fourth-order valence-corrected chi connectivity index (χ4v) is 1.98. The zero-order valence-corrected chi connectivity index (χ0v) is 8.60. The second-order valence-electron chi connectivity index (χ2n) is 4.02. The summed E-state index contributed by atoms with van der Waals surface area (Å²) in [5, 5.41) is 9.40. The van der Waals surface area contributed by atoms with Gasteiger partial charge in [-0.15, -0.1) is 0 Å². The third-order valence-corrected chi connectivity index (χ3v) is 3.00. The Morgan fingerprint density at radius 3 is 2.43 bits per heavy atom. The highest BCUT2D eigenvalue weighted by molar-refractivity contribution is 5.32. The van der Waals surface area contributed by atoms with Crippen molar-refractivity contribution < 1.29 is 9.84 Å². The first-order chi connectivity index (χ1) is 6.72. The summed E-state index contributed by atoms with van der Waals surface area (Å²) in [6, 6.07) is 8.14. The summed E-state index contributed by atoms with van der Waals surface area (Å²) >= 11 is 0. The number of methoxy groups -OCH3 is 1. The van der Waals surface area contributed by atoms with Crippen LogP contribution in [0, 0.1) is 5.92 Å². The molecule has 0 amide bonds. The van der Waals surface area contributed by atoms with Gasteiger partial charge in [-0.25, -0.2) is 0 Å². The highest BCUT2D eigenvalue weighted by Crippen LogP contribution is 2.49. The summed E-state index contributed by atoms with van der Waals surface area (Å²) in [4.78, 5) is 0. The molecule has 2 heteroatoms. The van der Waals surface area contributed by atoms with Crippen molar-refractivity contribution in [2.75, 3.05) is 7.11 Å². The zero-order valence-electron chi connectivity index (χ0n) is 8.60. The van der Waals surface area contributed by atoms with Crippen molar-refractivity contribution in [3.05, 3.63) is 29.8 Å². The lowest BCUT2D eigenvalue weighted by Gasteiger charge is -2.04. The number of aliphatic hydroxyl groups is 1. The monoisotopic (exact) mass is 192 g/mol. The molecule has 1 aliphatic rings. The van der Waals surface area contributed by atoms with Crippen LogP contribution in [0.15, 0.2) is 24.3 Å². The van der Waals surface area contributed by atoms with Gasteiger partial charge in [0.25, 0.3) is 0 Å². The predicted octanol–water partition coefficient (Wildman–Crippen LogP) is 2.18. The molecule has 76 valence electrons. The minimum absolute atomic E-state index is 0.179. The van der Waals surface area contributed by atoms with Crippen LogP contribution in [0.3, 0.4) is 0 Å². The Hall–Kier alpha value is -1.02. The van der Waals surface area contributed by atoms with Crippen LogP contribution in [0.1, 0.15) is 24.8 Å². The van der Waals surface area contributed by atoms with Gasteiger partial charge in [-0.3, -0.25) is 0 Å². The van der Waals surface area contributed by atoms with Crippen LogP contribution in [0.4, 0.5) is 0 Å². The predicted molar refractivity (Wildman–Crippen MR) is 55.5 cm³/mol. The largest absolute Gasteiger partial charge is 0.497 e. The molecule has 0 bridgehead atoms. The molecule has 1 saturated carbocycles. The lowest BCUT2D eigenvalue weighted by molar-refractivity contribution is 0.169. The van der Waals surface area contributed by atoms with Crippen molar-refractivity contribution in [1.29, 1.82) is 0 Å². The molecule has 0 aliphatic heterocycles. The van der Waals surface area contributed by atoms with Gasteiger partial charge < -0.3 is 9.84 Å². The number of hydrogen-bond donors (Lipinski definition) is 1. The fraction of sp³-hybridized carbons (Fsp3) is 0.500. The van der Waals surface area contributed by atoms with Gasteiger partial charge in [-0.1, -0.05) is 12.1 Å². The van der Waals surface area contributed by atoms with E-state index >= 15 is 0 Å². The molecule has 0 radical (unpaired) electrons. The zero-order chi connectivity index (χ0) is 10.1. The van der Waals surface area contributed by atoms with E-state index in [2.05, 4.69) is 12.1 Å². The summed E-state index contributed by atoms with van der Waals surface area (Å²) < 4.78 is 5.09. The summed E-state index contributed by atoms with van der Waals surface area (Å²) in [6.45, 7) is 1.87. The Labute approximate surface area is 84.5 Å². The van der Waals surface area contributed by atoms with Crippen molar-refractivity contribution >= 4 is 0 Å². The van der Waals surface area contributed by atoms with Crippen molar-refractivity contribution in [1.82, 2.24) is 0 Å². The second kappa shape index (κ2) is 3.62. The molecule has 0 heterocycles. The molecule has 1 N–H and O–H groups in total. The molecular formula is C12H16O2. The van der Waals surface area contributed by atoms with Crippen LogP contribution in [-0.4, -0.2) is 18.3 Å². The molecule has 2 nitrogen and oxygen atoms in total. The molecule has 14 heavy (non-hydrogen) atoms. The topological polar surface area (TPSA) is 29.5 Å². The van der Waals surface area contributed by atoms with Crippen LogP contribution < -0.4 is 4.74 Å². The molecule has 3 atom stereocenters. The minimum Gasteiger partial charge on any atom is -0.497 e. The molecule has 1 aromatic rings. The van der Waals surface area contributed by atoms with Crippen LogP contribution in [0.5, 0.6) is 5.75 Å². The first kappa shape index (κ1) is 9.53. The maximum atomic E-state index is 9.40. The molecule has 0 unspecified atom stereocenters. The van der Waals surface area contributed by atoms with Gasteiger partial charge in [0.1, 0.15) is 5.75 Å². The second-order valence-corrected chi connectivity index (χ2v) is 4.02. The van der Waals surface area contributed by atoms with Crippen molar-refractivity contribution in [2.24, 2.45) is 5.92 Å². The van der Waals surface area contributed by atoms with Crippen molar-refractivity contribution in [2.45, 2.75) is 25.4 Å². The molecule has 0 aromatic heterocycles. The first-order valence-corrected chi connectivity index (χ1v) is 5.04. The number of aliphatic hydroxyl groups excluding tert-OH is 1. The highest BCUT2D eigenvalue weighted by atomic mass is 16.5. The lowest BCUT2D eigenvalue weighted by atomic mass is 10.1. The van der Waals surface area contributed by atoms with Crippen LogP contribution in [0.25, 0.3) is 0 Å². The molecule has 2 rings (SSSR count). The maximum absolute atomic E-state index is 9.40.